The molecule has 1 saturated carbocycles. The Morgan fingerprint density at radius 1 is 1.24 bits per heavy atom. The highest BCUT2D eigenvalue weighted by atomic mass is 19.4. The molecule has 0 unspecified atom stereocenters. The molecule has 4 rings (SSSR count). The van der Waals surface area contributed by atoms with Crippen molar-refractivity contribution in [3.8, 4) is 5.75 Å². The van der Waals surface area contributed by atoms with Crippen molar-refractivity contribution in [2.75, 3.05) is 26.7 Å². The van der Waals surface area contributed by atoms with E-state index >= 15 is 0 Å². The first kappa shape index (κ1) is 23.3. The van der Waals surface area contributed by atoms with Crippen LogP contribution in [0.5, 0.6) is 5.75 Å². The Hall–Kier alpha value is -2.87. The first-order valence-electron chi connectivity index (χ1n) is 11.2. The fraction of sp³-hybridized carbons (Fsp3) is 0.440. The summed E-state index contributed by atoms with van der Waals surface area (Å²) in [7, 11) is 2.07. The molecule has 2 fully saturated rings. The Morgan fingerprint density at radius 3 is 2.64 bits per heavy atom. The maximum atomic E-state index is 13.5. The molecule has 5 nitrogen and oxygen atoms in total. The number of fused-ring (bicyclic) bond motifs is 1. The molecule has 1 aromatic carbocycles. The Bertz CT molecular complexity index is 1070. The molecule has 1 aliphatic heterocycles. The SMILES string of the molecule is C=C(c1nc(/C=C/CNC(=O)C2CC2)cc2cc(OC3CCN(C)CC3)ccc12)C(F)(F)F. The van der Waals surface area contributed by atoms with Crippen LogP contribution in [0.3, 0.4) is 0 Å². The zero-order chi connectivity index (χ0) is 23.6. The monoisotopic (exact) mass is 459 g/mol. The molecule has 8 heteroatoms. The molecular weight excluding hydrogens is 431 g/mol. The van der Waals surface area contributed by atoms with Crippen LogP contribution in [0.15, 0.2) is 36.9 Å². The second-order valence-electron chi connectivity index (χ2n) is 8.80. The summed E-state index contributed by atoms with van der Waals surface area (Å²) in [6, 6.07) is 6.79. The number of allylic oxidation sites excluding steroid dienone is 1. The highest BCUT2D eigenvalue weighted by Gasteiger charge is 2.35. The summed E-state index contributed by atoms with van der Waals surface area (Å²) in [6.45, 7) is 5.44. The number of pyridine rings is 1. The third-order valence-electron chi connectivity index (χ3n) is 6.05. The summed E-state index contributed by atoms with van der Waals surface area (Å²) in [4.78, 5) is 18.2. The second kappa shape index (κ2) is 9.55. The highest BCUT2D eigenvalue weighted by molar-refractivity contribution is 5.94. The van der Waals surface area contributed by atoms with Crippen molar-refractivity contribution < 1.29 is 22.7 Å². The van der Waals surface area contributed by atoms with Crippen LogP contribution in [0.1, 0.15) is 37.1 Å². The number of alkyl halides is 3. The van der Waals surface area contributed by atoms with E-state index in [4.69, 9.17) is 4.74 Å². The molecule has 2 aliphatic rings. The van der Waals surface area contributed by atoms with Crippen LogP contribution in [0.4, 0.5) is 13.2 Å². The summed E-state index contributed by atoms with van der Waals surface area (Å²) in [5.41, 5.74) is -0.832. The van der Waals surface area contributed by atoms with E-state index in [1.165, 1.54) is 0 Å². The van der Waals surface area contributed by atoms with Crippen LogP contribution in [-0.4, -0.2) is 54.8 Å². The van der Waals surface area contributed by atoms with Gasteiger partial charge in [0.25, 0.3) is 0 Å². The van der Waals surface area contributed by atoms with Crippen LogP contribution in [0, 0.1) is 5.92 Å². The second-order valence-corrected chi connectivity index (χ2v) is 8.80. The lowest BCUT2D eigenvalue weighted by atomic mass is 10.0. The number of hydrogen-bond donors (Lipinski definition) is 1. The van der Waals surface area contributed by atoms with Gasteiger partial charge in [-0.05, 0) is 68.5 Å². The Morgan fingerprint density at radius 2 is 1.97 bits per heavy atom. The van der Waals surface area contributed by atoms with Gasteiger partial charge < -0.3 is 15.0 Å². The zero-order valence-corrected chi connectivity index (χ0v) is 18.6. The molecule has 0 radical (unpaired) electrons. The van der Waals surface area contributed by atoms with Crippen molar-refractivity contribution in [2.24, 2.45) is 5.92 Å². The minimum Gasteiger partial charge on any atom is -0.490 e. The number of nitrogens with one attached hydrogen (secondary N) is 1. The van der Waals surface area contributed by atoms with Crippen LogP contribution in [0.25, 0.3) is 22.4 Å². The summed E-state index contributed by atoms with van der Waals surface area (Å²) < 4.78 is 46.5. The predicted octanol–water partition coefficient (Wildman–Crippen LogP) is 4.82. The number of benzene rings is 1. The number of nitrogens with zero attached hydrogens (tertiary/aromatic N) is 2. The van der Waals surface area contributed by atoms with Crippen molar-refractivity contribution in [3.63, 3.8) is 0 Å². The average molecular weight is 460 g/mol. The molecule has 1 aliphatic carbocycles. The van der Waals surface area contributed by atoms with E-state index < -0.39 is 11.7 Å². The molecule has 1 aromatic heterocycles. The Balaban J connectivity index is 1.59. The summed E-state index contributed by atoms with van der Waals surface area (Å²) in [6.07, 6.45) is 2.42. The van der Waals surface area contributed by atoms with Gasteiger partial charge in [-0.25, -0.2) is 4.98 Å². The number of ether oxygens (including phenoxy) is 1. The van der Waals surface area contributed by atoms with E-state index in [9.17, 15) is 18.0 Å². The van der Waals surface area contributed by atoms with Gasteiger partial charge >= 0.3 is 6.18 Å². The van der Waals surface area contributed by atoms with Gasteiger partial charge in [-0.3, -0.25) is 4.79 Å². The van der Waals surface area contributed by atoms with Crippen LogP contribution in [0.2, 0.25) is 0 Å². The molecule has 1 N–H and O–H groups in total. The number of aromatic nitrogens is 1. The van der Waals surface area contributed by atoms with Gasteiger partial charge in [-0.1, -0.05) is 12.7 Å². The first-order chi connectivity index (χ1) is 15.7. The number of carbonyl (C=O) groups is 1. The van der Waals surface area contributed by atoms with Crippen molar-refractivity contribution in [1.82, 2.24) is 15.2 Å². The smallest absolute Gasteiger partial charge is 0.417 e. The number of rotatable bonds is 7. The van der Waals surface area contributed by atoms with Crippen LogP contribution in [-0.2, 0) is 4.79 Å². The van der Waals surface area contributed by atoms with Gasteiger partial charge in [-0.2, -0.15) is 13.2 Å². The van der Waals surface area contributed by atoms with Gasteiger partial charge in [0.2, 0.25) is 5.91 Å². The molecule has 1 amide bonds. The number of piperidine rings is 1. The average Bonchev–Trinajstić information content (AvgIpc) is 3.62. The third kappa shape index (κ3) is 5.93. The summed E-state index contributed by atoms with van der Waals surface area (Å²) in [5, 5.41) is 3.76. The van der Waals surface area contributed by atoms with E-state index in [0.29, 0.717) is 28.8 Å². The van der Waals surface area contributed by atoms with Crippen molar-refractivity contribution >= 4 is 28.3 Å². The molecular formula is C25H28F3N3O2. The molecule has 2 heterocycles. The fourth-order valence-corrected chi connectivity index (χ4v) is 3.90. The lowest BCUT2D eigenvalue weighted by Crippen LogP contribution is -2.35. The van der Waals surface area contributed by atoms with Crippen molar-refractivity contribution in [1.29, 1.82) is 0 Å². The predicted molar refractivity (Wildman–Crippen MR) is 123 cm³/mol. The minimum absolute atomic E-state index is 0.00737. The number of carbonyl (C=O) groups excluding carboxylic acids is 1. The van der Waals surface area contributed by atoms with Crippen molar-refractivity contribution in [2.45, 2.75) is 38.0 Å². The van der Waals surface area contributed by atoms with E-state index in [1.54, 1.807) is 36.4 Å². The Labute approximate surface area is 191 Å². The normalized spacial score (nSPS) is 18.1. The maximum Gasteiger partial charge on any atom is 0.417 e. The van der Waals surface area contributed by atoms with E-state index in [2.05, 4.69) is 28.8 Å². The molecule has 2 aromatic rings. The fourth-order valence-electron chi connectivity index (χ4n) is 3.90. The molecule has 0 atom stereocenters. The van der Waals surface area contributed by atoms with Crippen LogP contribution >= 0.6 is 0 Å². The van der Waals surface area contributed by atoms with Crippen molar-refractivity contribution in [3.05, 3.63) is 48.3 Å². The topological polar surface area (TPSA) is 54.5 Å². The molecule has 0 bridgehead atoms. The van der Waals surface area contributed by atoms with E-state index in [1.807, 2.05) is 0 Å². The molecule has 176 valence electrons. The number of likely N-dealkylation sites (tertiary alicyclic amines) is 1. The standard InChI is InChI=1S/C25H28F3N3O2/c1-16(25(26,27)28)23-22-8-7-21(33-20-9-12-31(2)13-10-20)15-18(22)14-19(30-23)4-3-11-29-24(32)17-5-6-17/h3-4,7-8,14-15,17,20H,1,5-6,9-13H2,2H3,(H,29,32)/b4-3+. The zero-order valence-electron chi connectivity index (χ0n) is 18.6. The number of amides is 1. The largest absolute Gasteiger partial charge is 0.490 e. The highest BCUT2D eigenvalue weighted by Crippen LogP contribution is 2.36. The quantitative estimate of drug-likeness (QED) is 0.645. The van der Waals surface area contributed by atoms with Crippen LogP contribution < -0.4 is 10.1 Å². The summed E-state index contributed by atoms with van der Waals surface area (Å²) in [5.74, 6) is 0.730. The Kier molecular flexibility index (Phi) is 6.74. The number of halogens is 3. The molecule has 1 saturated heterocycles. The third-order valence-corrected chi connectivity index (χ3v) is 6.05. The van der Waals surface area contributed by atoms with Gasteiger partial charge in [0.05, 0.1) is 17.0 Å². The van der Waals surface area contributed by atoms with E-state index in [0.717, 1.165) is 38.8 Å². The lowest BCUT2D eigenvalue weighted by Gasteiger charge is -2.29. The van der Waals surface area contributed by atoms with Gasteiger partial charge in [-0.15, -0.1) is 0 Å². The lowest BCUT2D eigenvalue weighted by molar-refractivity contribution is -0.122. The first-order valence-corrected chi connectivity index (χ1v) is 11.2. The minimum atomic E-state index is -4.59. The maximum absolute atomic E-state index is 13.5. The van der Waals surface area contributed by atoms with E-state index in [-0.39, 0.29) is 23.6 Å². The van der Waals surface area contributed by atoms with Gasteiger partial charge in [0.15, 0.2) is 0 Å². The molecule has 33 heavy (non-hydrogen) atoms. The number of hydrogen-bond acceptors (Lipinski definition) is 4. The van der Waals surface area contributed by atoms with Gasteiger partial charge in [0, 0.05) is 30.9 Å². The molecule has 0 spiro atoms. The summed E-state index contributed by atoms with van der Waals surface area (Å²) >= 11 is 0. The van der Waals surface area contributed by atoms with Gasteiger partial charge in [0.1, 0.15) is 11.9 Å².